The molecule has 0 amide bonds. The van der Waals surface area contributed by atoms with Crippen LogP contribution in [0.4, 0.5) is 13.2 Å². The maximum atomic E-state index is 12.5. The highest BCUT2D eigenvalue weighted by molar-refractivity contribution is 7.11. The van der Waals surface area contributed by atoms with E-state index in [1.807, 2.05) is 32.6 Å². The van der Waals surface area contributed by atoms with E-state index in [1.54, 1.807) is 0 Å². The third-order valence-corrected chi connectivity index (χ3v) is 4.38. The van der Waals surface area contributed by atoms with Crippen LogP contribution < -0.4 is 0 Å². The molecule has 0 spiro atoms. The van der Waals surface area contributed by atoms with Crippen molar-refractivity contribution < 1.29 is 18.3 Å². The van der Waals surface area contributed by atoms with Gasteiger partial charge in [-0.15, -0.1) is 11.3 Å². The number of aliphatic hydroxyl groups excluding tert-OH is 1. The van der Waals surface area contributed by atoms with Crippen LogP contribution in [-0.4, -0.2) is 33.6 Å². The lowest BCUT2D eigenvalue weighted by Crippen LogP contribution is -2.48. The van der Waals surface area contributed by atoms with Crippen LogP contribution in [0.1, 0.15) is 43.7 Å². The molecule has 3 nitrogen and oxygen atoms in total. The van der Waals surface area contributed by atoms with Crippen molar-refractivity contribution in [2.24, 2.45) is 0 Å². The fourth-order valence-corrected chi connectivity index (χ4v) is 3.05. The average molecular weight is 296 g/mol. The zero-order valence-electron chi connectivity index (χ0n) is 11.5. The summed E-state index contributed by atoms with van der Waals surface area (Å²) in [6, 6.07) is 0. The molecule has 19 heavy (non-hydrogen) atoms. The second-order valence-corrected chi connectivity index (χ2v) is 5.86. The molecule has 1 atom stereocenters. The van der Waals surface area contributed by atoms with Gasteiger partial charge in [0.2, 0.25) is 0 Å². The molecule has 1 aromatic rings. The molecule has 7 heteroatoms. The third-order valence-electron chi connectivity index (χ3n) is 3.28. The van der Waals surface area contributed by atoms with Gasteiger partial charge < -0.3 is 5.11 Å². The molecule has 0 aliphatic rings. The molecule has 0 aliphatic carbocycles. The Bertz CT molecular complexity index is 413. The zero-order chi connectivity index (χ0) is 14.8. The molecule has 0 aliphatic heterocycles. The minimum Gasteiger partial charge on any atom is -0.386 e. The second kappa shape index (κ2) is 5.76. The van der Waals surface area contributed by atoms with Gasteiger partial charge in [-0.3, -0.25) is 4.90 Å². The molecule has 0 saturated carbocycles. The van der Waals surface area contributed by atoms with Crippen LogP contribution in [0.5, 0.6) is 0 Å². The standard InChI is InChI=1S/C12H19F3N2OS/c1-5-17(6-2)11(3,4)9(18)8-7-16-10(19-8)12(13,14)15/h7,9,18H,5-6H2,1-4H3. The molecule has 1 heterocycles. The molecule has 0 aromatic carbocycles. The lowest BCUT2D eigenvalue weighted by atomic mass is 9.94. The predicted octanol–water partition coefficient (Wildman–Crippen LogP) is 3.32. The Morgan fingerprint density at radius 1 is 1.32 bits per heavy atom. The minimum absolute atomic E-state index is 0.240. The highest BCUT2D eigenvalue weighted by Crippen LogP contribution is 2.38. The molecule has 0 radical (unpaired) electrons. The fraction of sp³-hybridized carbons (Fsp3) is 0.750. The van der Waals surface area contributed by atoms with E-state index in [2.05, 4.69) is 4.98 Å². The average Bonchev–Trinajstić information content (AvgIpc) is 2.77. The van der Waals surface area contributed by atoms with Gasteiger partial charge in [0.15, 0.2) is 5.01 Å². The highest BCUT2D eigenvalue weighted by Gasteiger charge is 2.39. The maximum Gasteiger partial charge on any atom is 0.443 e. The molecule has 1 rings (SSSR count). The van der Waals surface area contributed by atoms with E-state index in [1.165, 1.54) is 0 Å². The van der Waals surface area contributed by atoms with Gasteiger partial charge in [-0.05, 0) is 26.9 Å². The van der Waals surface area contributed by atoms with Gasteiger partial charge >= 0.3 is 6.18 Å². The number of hydrogen-bond acceptors (Lipinski definition) is 4. The Hall–Kier alpha value is -0.660. The van der Waals surface area contributed by atoms with Crippen molar-refractivity contribution in [1.82, 2.24) is 9.88 Å². The largest absolute Gasteiger partial charge is 0.443 e. The number of aromatic nitrogens is 1. The summed E-state index contributed by atoms with van der Waals surface area (Å²) in [7, 11) is 0. The molecule has 1 aromatic heterocycles. The Balaban J connectivity index is 2.99. The third kappa shape index (κ3) is 3.46. The number of aliphatic hydroxyl groups is 1. The minimum atomic E-state index is -4.46. The Morgan fingerprint density at radius 2 is 1.84 bits per heavy atom. The summed E-state index contributed by atoms with van der Waals surface area (Å²) in [5.74, 6) is 0. The first-order valence-corrected chi connectivity index (χ1v) is 6.92. The molecule has 0 saturated heterocycles. The van der Waals surface area contributed by atoms with Crippen LogP contribution in [0, 0.1) is 0 Å². The van der Waals surface area contributed by atoms with Gasteiger partial charge in [0.1, 0.15) is 6.10 Å². The molecule has 1 unspecified atom stereocenters. The number of rotatable bonds is 5. The Kier molecular flexibility index (Phi) is 4.97. The normalized spacial score (nSPS) is 15.0. The van der Waals surface area contributed by atoms with Crippen molar-refractivity contribution in [2.45, 2.75) is 45.5 Å². The molecule has 0 fully saturated rings. The van der Waals surface area contributed by atoms with Crippen molar-refractivity contribution in [3.05, 3.63) is 16.1 Å². The van der Waals surface area contributed by atoms with E-state index >= 15 is 0 Å². The first-order chi connectivity index (χ1) is 8.64. The summed E-state index contributed by atoms with van der Waals surface area (Å²) in [5.41, 5.74) is -0.640. The number of thiazole rings is 1. The van der Waals surface area contributed by atoms with Gasteiger partial charge in [0, 0.05) is 11.7 Å². The zero-order valence-corrected chi connectivity index (χ0v) is 12.3. The number of halogens is 3. The smallest absolute Gasteiger partial charge is 0.386 e. The van der Waals surface area contributed by atoms with Crippen LogP contribution in [0.25, 0.3) is 0 Å². The molecule has 1 N–H and O–H groups in total. The summed E-state index contributed by atoms with van der Waals surface area (Å²) >= 11 is 0.500. The number of hydrogen-bond donors (Lipinski definition) is 1. The molecular formula is C12H19F3N2OS. The van der Waals surface area contributed by atoms with E-state index < -0.39 is 22.8 Å². The number of alkyl halides is 3. The van der Waals surface area contributed by atoms with Gasteiger partial charge in [-0.25, -0.2) is 4.98 Å². The number of likely N-dealkylation sites (N-methyl/N-ethyl adjacent to an activating group) is 1. The summed E-state index contributed by atoms with van der Waals surface area (Å²) in [4.78, 5) is 5.59. The molecule has 0 bridgehead atoms. The van der Waals surface area contributed by atoms with Crippen LogP contribution in [0.15, 0.2) is 6.20 Å². The molecule has 110 valence electrons. The summed E-state index contributed by atoms with van der Waals surface area (Å²) in [6.07, 6.45) is -4.34. The fourth-order valence-electron chi connectivity index (χ4n) is 2.10. The first-order valence-electron chi connectivity index (χ1n) is 6.10. The van der Waals surface area contributed by atoms with E-state index in [4.69, 9.17) is 0 Å². The van der Waals surface area contributed by atoms with Crippen molar-refractivity contribution in [3.8, 4) is 0 Å². The van der Waals surface area contributed by atoms with Crippen molar-refractivity contribution in [3.63, 3.8) is 0 Å². The maximum absolute atomic E-state index is 12.5. The SMILES string of the molecule is CCN(CC)C(C)(C)C(O)c1cnc(C(F)(F)F)s1. The second-order valence-electron chi connectivity index (χ2n) is 4.79. The predicted molar refractivity (Wildman–Crippen MR) is 69.1 cm³/mol. The highest BCUT2D eigenvalue weighted by atomic mass is 32.1. The van der Waals surface area contributed by atoms with E-state index in [0.29, 0.717) is 24.4 Å². The van der Waals surface area contributed by atoms with Gasteiger partial charge in [-0.2, -0.15) is 13.2 Å². The summed E-state index contributed by atoms with van der Waals surface area (Å²) in [5, 5.41) is 9.40. The van der Waals surface area contributed by atoms with Crippen molar-refractivity contribution in [1.29, 1.82) is 0 Å². The lowest BCUT2D eigenvalue weighted by Gasteiger charge is -2.40. The molecular weight excluding hydrogens is 277 g/mol. The monoisotopic (exact) mass is 296 g/mol. The first kappa shape index (κ1) is 16.4. The quantitative estimate of drug-likeness (QED) is 0.905. The van der Waals surface area contributed by atoms with Gasteiger partial charge in [0.25, 0.3) is 0 Å². The summed E-state index contributed by atoms with van der Waals surface area (Å²) in [6.45, 7) is 8.96. The van der Waals surface area contributed by atoms with E-state index in [0.717, 1.165) is 6.20 Å². The topological polar surface area (TPSA) is 36.4 Å². The Morgan fingerprint density at radius 3 is 2.21 bits per heavy atom. The van der Waals surface area contributed by atoms with E-state index in [9.17, 15) is 18.3 Å². The van der Waals surface area contributed by atoms with E-state index in [-0.39, 0.29) is 4.88 Å². The lowest BCUT2D eigenvalue weighted by molar-refractivity contribution is -0.137. The van der Waals surface area contributed by atoms with Crippen molar-refractivity contribution >= 4 is 11.3 Å². The van der Waals surface area contributed by atoms with Crippen LogP contribution in [-0.2, 0) is 6.18 Å². The van der Waals surface area contributed by atoms with Gasteiger partial charge in [0.05, 0.1) is 4.88 Å². The van der Waals surface area contributed by atoms with Crippen LogP contribution in [0.2, 0.25) is 0 Å². The van der Waals surface area contributed by atoms with Crippen LogP contribution >= 0.6 is 11.3 Å². The van der Waals surface area contributed by atoms with Crippen LogP contribution in [0.3, 0.4) is 0 Å². The summed E-state index contributed by atoms with van der Waals surface area (Å²) < 4.78 is 37.5. The van der Waals surface area contributed by atoms with Gasteiger partial charge in [-0.1, -0.05) is 13.8 Å². The number of nitrogens with zero attached hydrogens (tertiary/aromatic N) is 2. The van der Waals surface area contributed by atoms with Crippen molar-refractivity contribution in [2.75, 3.05) is 13.1 Å². The Labute approximate surface area is 115 Å².